The van der Waals surface area contributed by atoms with E-state index in [9.17, 15) is 9.59 Å². The third kappa shape index (κ3) is 2.07. The third-order valence-electron chi connectivity index (χ3n) is 4.14. The van der Waals surface area contributed by atoms with Gasteiger partial charge in [-0.05, 0) is 30.3 Å². The Bertz CT molecular complexity index is 1130. The Kier molecular flexibility index (Phi) is 3.13. The van der Waals surface area contributed by atoms with Gasteiger partial charge in [0.2, 0.25) is 0 Å². The maximum absolute atomic E-state index is 11.5. The van der Waals surface area contributed by atoms with E-state index in [0.717, 1.165) is 34.3 Å². The lowest BCUT2D eigenvalue weighted by Gasteiger charge is -2.11. The topological polar surface area (TPSA) is 83.5 Å². The molecule has 0 aliphatic rings. The normalized spacial score (nSPS) is 11.6. The number of rotatable bonds is 3. The molecule has 2 aromatic heterocycles. The van der Waals surface area contributed by atoms with Crippen molar-refractivity contribution in [3.8, 4) is 5.69 Å². The third-order valence-corrected chi connectivity index (χ3v) is 4.14. The van der Waals surface area contributed by atoms with E-state index < -0.39 is 0 Å². The number of carbonyl (C=O) groups is 1. The summed E-state index contributed by atoms with van der Waals surface area (Å²) in [5, 5.41) is 0. The van der Waals surface area contributed by atoms with Crippen molar-refractivity contribution < 1.29 is 4.79 Å². The molecular formula is C18H16N4O2. The molecule has 0 radical (unpaired) electrons. The maximum Gasteiger partial charge on any atom is 0.323 e. The molecule has 24 heavy (non-hydrogen) atoms. The number of para-hydroxylation sites is 1. The first-order valence-corrected chi connectivity index (χ1v) is 7.77. The number of fused-ring (bicyclic) bond motifs is 2. The van der Waals surface area contributed by atoms with Crippen LogP contribution >= 0.6 is 0 Å². The Labute approximate surface area is 137 Å². The van der Waals surface area contributed by atoms with Gasteiger partial charge in [0.15, 0.2) is 6.29 Å². The number of imidazole rings is 2. The van der Waals surface area contributed by atoms with Crippen LogP contribution in [0.5, 0.6) is 0 Å². The Hall–Kier alpha value is -3.15. The lowest BCUT2D eigenvalue weighted by molar-refractivity contribution is 0.112. The zero-order chi connectivity index (χ0) is 16.8. The summed E-state index contributed by atoms with van der Waals surface area (Å²) in [6.07, 6.45) is 0.830. The molecule has 120 valence electrons. The molecule has 0 aliphatic heterocycles. The van der Waals surface area contributed by atoms with Crippen molar-refractivity contribution in [3.63, 3.8) is 0 Å². The van der Waals surface area contributed by atoms with Crippen LogP contribution in [0, 0.1) is 0 Å². The van der Waals surface area contributed by atoms with Crippen molar-refractivity contribution in [1.29, 1.82) is 0 Å². The predicted molar refractivity (Wildman–Crippen MR) is 93.0 cm³/mol. The van der Waals surface area contributed by atoms with Crippen LogP contribution in [0.15, 0.2) is 41.2 Å². The molecule has 0 amide bonds. The first-order valence-electron chi connectivity index (χ1n) is 7.77. The fourth-order valence-electron chi connectivity index (χ4n) is 3.05. The van der Waals surface area contributed by atoms with Crippen molar-refractivity contribution in [2.75, 3.05) is 0 Å². The van der Waals surface area contributed by atoms with Crippen LogP contribution in [-0.2, 0) is 0 Å². The van der Waals surface area contributed by atoms with E-state index in [4.69, 9.17) is 4.98 Å². The molecule has 0 aliphatic carbocycles. The molecule has 4 rings (SSSR count). The number of nitrogens with one attached hydrogen (secondary N) is 2. The average Bonchev–Trinajstić information content (AvgIpc) is 3.13. The molecule has 0 fully saturated rings. The highest BCUT2D eigenvalue weighted by Gasteiger charge is 2.17. The van der Waals surface area contributed by atoms with Crippen molar-refractivity contribution in [2.24, 2.45) is 0 Å². The van der Waals surface area contributed by atoms with Gasteiger partial charge in [-0.15, -0.1) is 0 Å². The highest BCUT2D eigenvalue weighted by molar-refractivity contribution is 5.95. The largest absolute Gasteiger partial charge is 0.323 e. The molecule has 2 aromatic carbocycles. The number of carbonyl (C=O) groups excluding carboxylic acids is 1. The molecule has 2 heterocycles. The van der Waals surface area contributed by atoms with Crippen LogP contribution in [-0.4, -0.2) is 25.8 Å². The molecule has 0 saturated heterocycles. The van der Waals surface area contributed by atoms with E-state index in [2.05, 4.69) is 23.8 Å². The number of hydrogen-bond acceptors (Lipinski definition) is 3. The quantitative estimate of drug-likeness (QED) is 0.569. The SMILES string of the molecule is CC(C)c1nc2c(C=O)cccc2n1-c1ccc2[nH]c(=O)[nH]c2c1. The number of aromatic amines is 2. The highest BCUT2D eigenvalue weighted by atomic mass is 16.1. The summed E-state index contributed by atoms with van der Waals surface area (Å²) in [7, 11) is 0. The summed E-state index contributed by atoms with van der Waals surface area (Å²) in [6.45, 7) is 4.13. The molecule has 0 saturated carbocycles. The van der Waals surface area contributed by atoms with Crippen molar-refractivity contribution in [1.82, 2.24) is 19.5 Å². The molecule has 0 atom stereocenters. The fourth-order valence-corrected chi connectivity index (χ4v) is 3.05. The zero-order valence-electron chi connectivity index (χ0n) is 13.3. The smallest absolute Gasteiger partial charge is 0.306 e. The number of aromatic nitrogens is 4. The predicted octanol–water partition coefficient (Wildman–Crippen LogP) is 3.13. The second kappa shape index (κ2) is 5.19. The highest BCUT2D eigenvalue weighted by Crippen LogP contribution is 2.28. The molecule has 0 spiro atoms. The summed E-state index contributed by atoms with van der Waals surface area (Å²) in [4.78, 5) is 33.0. The minimum atomic E-state index is -0.232. The number of benzene rings is 2. The van der Waals surface area contributed by atoms with Gasteiger partial charge in [-0.25, -0.2) is 9.78 Å². The lowest BCUT2D eigenvalue weighted by Crippen LogP contribution is -2.03. The molecule has 4 aromatic rings. The first-order chi connectivity index (χ1) is 11.6. The van der Waals surface area contributed by atoms with Gasteiger partial charge >= 0.3 is 5.69 Å². The fraction of sp³-hybridized carbons (Fsp3) is 0.167. The Balaban J connectivity index is 2.07. The molecular weight excluding hydrogens is 304 g/mol. The van der Waals surface area contributed by atoms with Gasteiger partial charge in [-0.1, -0.05) is 19.9 Å². The Morgan fingerprint density at radius 2 is 1.92 bits per heavy atom. The van der Waals surface area contributed by atoms with E-state index in [0.29, 0.717) is 11.1 Å². The lowest BCUT2D eigenvalue weighted by atomic mass is 10.2. The van der Waals surface area contributed by atoms with Crippen molar-refractivity contribution >= 4 is 28.4 Å². The van der Waals surface area contributed by atoms with E-state index in [1.54, 1.807) is 6.07 Å². The van der Waals surface area contributed by atoms with Crippen molar-refractivity contribution in [3.05, 3.63) is 58.3 Å². The zero-order valence-corrected chi connectivity index (χ0v) is 13.3. The van der Waals surface area contributed by atoms with Crippen LogP contribution in [0.2, 0.25) is 0 Å². The number of nitrogens with zero attached hydrogens (tertiary/aromatic N) is 2. The Morgan fingerprint density at radius 3 is 2.67 bits per heavy atom. The van der Waals surface area contributed by atoms with Gasteiger partial charge in [0.05, 0.1) is 22.1 Å². The summed E-state index contributed by atoms with van der Waals surface area (Å²) in [5.41, 5.74) is 4.30. The molecule has 6 heteroatoms. The van der Waals surface area contributed by atoms with Gasteiger partial charge in [0, 0.05) is 17.2 Å². The Morgan fingerprint density at radius 1 is 1.12 bits per heavy atom. The van der Waals surface area contributed by atoms with E-state index in [1.165, 1.54) is 0 Å². The molecule has 2 N–H and O–H groups in total. The summed E-state index contributed by atoms with van der Waals surface area (Å²) in [5.74, 6) is 1.05. The monoisotopic (exact) mass is 320 g/mol. The van der Waals surface area contributed by atoms with Gasteiger partial charge in [-0.3, -0.25) is 9.36 Å². The molecule has 0 bridgehead atoms. The maximum atomic E-state index is 11.5. The van der Waals surface area contributed by atoms with Crippen LogP contribution < -0.4 is 5.69 Å². The average molecular weight is 320 g/mol. The summed E-state index contributed by atoms with van der Waals surface area (Å²) < 4.78 is 2.04. The van der Waals surface area contributed by atoms with E-state index in [-0.39, 0.29) is 11.6 Å². The van der Waals surface area contributed by atoms with E-state index >= 15 is 0 Å². The van der Waals surface area contributed by atoms with E-state index in [1.807, 2.05) is 34.9 Å². The molecule has 6 nitrogen and oxygen atoms in total. The minimum Gasteiger partial charge on any atom is -0.306 e. The second-order valence-electron chi connectivity index (χ2n) is 6.10. The van der Waals surface area contributed by atoms with Gasteiger partial charge in [-0.2, -0.15) is 0 Å². The van der Waals surface area contributed by atoms with Gasteiger partial charge < -0.3 is 9.97 Å². The van der Waals surface area contributed by atoms with Crippen LogP contribution in [0.3, 0.4) is 0 Å². The summed E-state index contributed by atoms with van der Waals surface area (Å²) in [6, 6.07) is 11.3. The molecule has 0 unspecified atom stereocenters. The van der Waals surface area contributed by atoms with Gasteiger partial charge in [0.25, 0.3) is 0 Å². The first kappa shape index (κ1) is 14.4. The van der Waals surface area contributed by atoms with Crippen LogP contribution in [0.25, 0.3) is 27.8 Å². The summed E-state index contributed by atoms with van der Waals surface area (Å²) >= 11 is 0. The van der Waals surface area contributed by atoms with Gasteiger partial charge in [0.1, 0.15) is 5.82 Å². The number of hydrogen-bond donors (Lipinski definition) is 2. The second-order valence-corrected chi connectivity index (χ2v) is 6.10. The van der Waals surface area contributed by atoms with Crippen LogP contribution in [0.1, 0.15) is 35.9 Å². The number of aldehydes is 1. The number of H-pyrrole nitrogens is 2. The van der Waals surface area contributed by atoms with Crippen molar-refractivity contribution in [2.45, 2.75) is 19.8 Å². The van der Waals surface area contributed by atoms with Crippen LogP contribution in [0.4, 0.5) is 0 Å². The minimum absolute atomic E-state index is 0.179. The standard InChI is InChI=1S/C18H16N4O2/c1-10(2)17-21-16-11(9-23)4-3-5-15(16)22(17)12-6-7-13-14(8-12)20-18(24)19-13/h3-10H,1-2H3,(H2,19,20,24).